The Labute approximate surface area is 160 Å². The molecule has 2 aromatic rings. The van der Waals surface area contributed by atoms with Gasteiger partial charge in [-0.1, -0.05) is 6.92 Å². The molecule has 1 saturated heterocycles. The van der Waals surface area contributed by atoms with Crippen LogP contribution < -0.4 is 15.5 Å². The molecule has 2 aromatic heterocycles. The van der Waals surface area contributed by atoms with E-state index in [1.165, 1.54) is 18.4 Å². The summed E-state index contributed by atoms with van der Waals surface area (Å²) in [6, 6.07) is 4.79. The lowest BCUT2D eigenvalue weighted by Crippen LogP contribution is -2.45. The fraction of sp³-hybridized carbons (Fsp3) is 0.579. The Bertz CT molecular complexity index is 768. The summed E-state index contributed by atoms with van der Waals surface area (Å²) in [5.74, 6) is 2.88. The summed E-state index contributed by atoms with van der Waals surface area (Å²) in [4.78, 5) is 22.8. The van der Waals surface area contributed by atoms with E-state index in [1.807, 2.05) is 12.3 Å². The molecular weight excluding hydrogens is 340 g/mol. The van der Waals surface area contributed by atoms with Crippen molar-refractivity contribution in [3.8, 4) is 0 Å². The molecule has 0 unspecified atom stereocenters. The first kappa shape index (κ1) is 18.1. The van der Waals surface area contributed by atoms with Crippen molar-refractivity contribution in [1.29, 1.82) is 0 Å². The maximum atomic E-state index is 4.66. The van der Waals surface area contributed by atoms with Crippen molar-refractivity contribution in [1.82, 2.24) is 30.2 Å². The van der Waals surface area contributed by atoms with Crippen molar-refractivity contribution in [2.45, 2.75) is 38.8 Å². The van der Waals surface area contributed by atoms with E-state index >= 15 is 0 Å². The lowest BCUT2D eigenvalue weighted by atomic mass is 10.2. The molecule has 8 nitrogen and oxygen atoms in total. The Morgan fingerprint density at radius 3 is 2.67 bits per heavy atom. The molecule has 144 valence electrons. The molecule has 27 heavy (non-hydrogen) atoms. The molecule has 2 aliphatic rings. The van der Waals surface area contributed by atoms with Crippen LogP contribution in [0.2, 0.25) is 0 Å². The molecule has 2 fully saturated rings. The smallest absolute Gasteiger partial charge is 0.233 e. The monoisotopic (exact) mass is 368 g/mol. The van der Waals surface area contributed by atoms with E-state index in [2.05, 4.69) is 60.4 Å². The van der Waals surface area contributed by atoms with Gasteiger partial charge in [-0.2, -0.15) is 15.0 Å². The maximum Gasteiger partial charge on any atom is 0.233 e. The van der Waals surface area contributed by atoms with Gasteiger partial charge in [0, 0.05) is 51.4 Å². The van der Waals surface area contributed by atoms with Crippen molar-refractivity contribution in [2.75, 3.05) is 43.4 Å². The van der Waals surface area contributed by atoms with Gasteiger partial charge in [0.05, 0.1) is 0 Å². The van der Waals surface area contributed by atoms with Gasteiger partial charge in [-0.05, 0) is 37.6 Å². The third kappa shape index (κ3) is 4.90. The molecular formula is C19H28N8. The third-order valence-electron chi connectivity index (χ3n) is 5.01. The molecule has 2 N–H and O–H groups in total. The van der Waals surface area contributed by atoms with E-state index in [-0.39, 0.29) is 0 Å². The van der Waals surface area contributed by atoms with Crippen LogP contribution in [0.25, 0.3) is 0 Å². The highest BCUT2D eigenvalue weighted by atomic mass is 15.3. The number of aryl methyl sites for hydroxylation is 1. The summed E-state index contributed by atoms with van der Waals surface area (Å²) in [6.07, 6.45) is 5.18. The Kier molecular flexibility index (Phi) is 5.45. The lowest BCUT2D eigenvalue weighted by Gasteiger charge is -2.32. The maximum absolute atomic E-state index is 4.66. The molecule has 4 rings (SSSR count). The molecule has 3 heterocycles. The van der Waals surface area contributed by atoms with Crippen molar-refractivity contribution >= 4 is 17.7 Å². The fourth-order valence-corrected chi connectivity index (χ4v) is 3.09. The summed E-state index contributed by atoms with van der Waals surface area (Å²) in [7, 11) is 2.14. The van der Waals surface area contributed by atoms with E-state index in [0.29, 0.717) is 12.0 Å². The normalized spacial score (nSPS) is 17.9. The molecule has 0 atom stereocenters. The molecule has 0 radical (unpaired) electrons. The zero-order chi connectivity index (χ0) is 18.6. The fourth-order valence-electron chi connectivity index (χ4n) is 3.09. The molecule has 8 heteroatoms. The van der Waals surface area contributed by atoms with E-state index in [1.54, 1.807) is 0 Å². The highest BCUT2D eigenvalue weighted by molar-refractivity contribution is 5.50. The predicted octanol–water partition coefficient (Wildman–Crippen LogP) is 1.58. The third-order valence-corrected chi connectivity index (χ3v) is 5.01. The minimum Gasteiger partial charge on any atom is -0.338 e. The number of nitrogens with zero attached hydrogens (tertiary/aromatic N) is 6. The minimum absolute atomic E-state index is 0.565. The van der Waals surface area contributed by atoms with Crippen LogP contribution in [0.15, 0.2) is 18.3 Å². The number of hydrogen-bond donors (Lipinski definition) is 2. The van der Waals surface area contributed by atoms with Gasteiger partial charge < -0.3 is 20.4 Å². The topological polar surface area (TPSA) is 82.1 Å². The molecule has 1 saturated carbocycles. The highest BCUT2D eigenvalue weighted by Crippen LogP contribution is 2.20. The van der Waals surface area contributed by atoms with Crippen LogP contribution >= 0.6 is 0 Å². The quantitative estimate of drug-likeness (QED) is 0.762. The Hall–Kier alpha value is -2.32. The number of likely N-dealkylation sites (N-methyl/N-ethyl adjacent to an activating group) is 1. The van der Waals surface area contributed by atoms with E-state index in [9.17, 15) is 0 Å². The van der Waals surface area contributed by atoms with Crippen LogP contribution in [0.5, 0.6) is 0 Å². The summed E-state index contributed by atoms with van der Waals surface area (Å²) < 4.78 is 0. The van der Waals surface area contributed by atoms with Gasteiger partial charge in [-0.15, -0.1) is 0 Å². The Morgan fingerprint density at radius 2 is 1.93 bits per heavy atom. The van der Waals surface area contributed by atoms with Gasteiger partial charge in [-0.25, -0.2) is 4.98 Å². The zero-order valence-corrected chi connectivity index (χ0v) is 16.1. The van der Waals surface area contributed by atoms with Crippen LogP contribution in [-0.2, 0) is 13.0 Å². The zero-order valence-electron chi connectivity index (χ0n) is 16.1. The van der Waals surface area contributed by atoms with E-state index < -0.39 is 0 Å². The first-order chi connectivity index (χ1) is 13.2. The molecule has 0 bridgehead atoms. The van der Waals surface area contributed by atoms with Crippen LogP contribution in [0.3, 0.4) is 0 Å². The van der Waals surface area contributed by atoms with Gasteiger partial charge in [0.15, 0.2) is 0 Å². The molecule has 0 amide bonds. The average molecular weight is 368 g/mol. The number of piperazine rings is 1. The molecule has 1 aliphatic carbocycles. The van der Waals surface area contributed by atoms with Crippen LogP contribution in [0.1, 0.15) is 31.2 Å². The minimum atomic E-state index is 0.565. The van der Waals surface area contributed by atoms with Gasteiger partial charge in [0.25, 0.3) is 0 Å². The molecule has 0 spiro atoms. The average Bonchev–Trinajstić information content (AvgIpc) is 3.51. The Balaban J connectivity index is 1.49. The summed E-state index contributed by atoms with van der Waals surface area (Å²) in [6.45, 7) is 6.84. The molecule has 1 aliphatic heterocycles. The van der Waals surface area contributed by atoms with Crippen LogP contribution in [-0.4, -0.2) is 64.1 Å². The van der Waals surface area contributed by atoms with Gasteiger partial charge >= 0.3 is 0 Å². The number of nitrogens with one attached hydrogen (secondary N) is 2. The second kappa shape index (κ2) is 8.14. The largest absolute Gasteiger partial charge is 0.338 e. The van der Waals surface area contributed by atoms with Crippen molar-refractivity contribution in [3.63, 3.8) is 0 Å². The van der Waals surface area contributed by atoms with E-state index in [0.717, 1.165) is 56.7 Å². The molecule has 0 aromatic carbocycles. The summed E-state index contributed by atoms with van der Waals surface area (Å²) in [5, 5.41) is 6.80. The van der Waals surface area contributed by atoms with Gasteiger partial charge in [0.2, 0.25) is 11.9 Å². The first-order valence-corrected chi connectivity index (χ1v) is 9.83. The highest BCUT2D eigenvalue weighted by Gasteiger charge is 2.20. The lowest BCUT2D eigenvalue weighted by molar-refractivity contribution is 0.311. The number of pyridine rings is 1. The standard InChI is InChI=1S/C19H28N8/c1-3-16-22-18(25-19(24-16)27-10-8-26(2)9-11-27)23-17-12-14(6-7-20-17)13-21-15-4-5-15/h6-7,12,15,21H,3-5,8-11,13H2,1-2H3,(H,20,22,23,24,25). The second-order valence-electron chi connectivity index (χ2n) is 7.35. The first-order valence-electron chi connectivity index (χ1n) is 9.83. The second-order valence-corrected chi connectivity index (χ2v) is 7.35. The predicted molar refractivity (Wildman–Crippen MR) is 106 cm³/mol. The number of aromatic nitrogens is 4. The summed E-state index contributed by atoms with van der Waals surface area (Å²) >= 11 is 0. The number of hydrogen-bond acceptors (Lipinski definition) is 8. The van der Waals surface area contributed by atoms with Gasteiger partial charge in [-0.3, -0.25) is 0 Å². The SMILES string of the molecule is CCc1nc(Nc2cc(CNC3CC3)ccn2)nc(N2CCN(C)CC2)n1. The van der Waals surface area contributed by atoms with Crippen molar-refractivity contribution < 1.29 is 0 Å². The van der Waals surface area contributed by atoms with Gasteiger partial charge in [0.1, 0.15) is 11.6 Å². The van der Waals surface area contributed by atoms with E-state index in [4.69, 9.17) is 0 Å². The number of rotatable bonds is 7. The number of anilines is 3. The Morgan fingerprint density at radius 1 is 1.11 bits per heavy atom. The van der Waals surface area contributed by atoms with Crippen LogP contribution in [0, 0.1) is 0 Å². The van der Waals surface area contributed by atoms with Crippen molar-refractivity contribution in [3.05, 3.63) is 29.7 Å². The summed E-state index contributed by atoms with van der Waals surface area (Å²) in [5.41, 5.74) is 1.21. The van der Waals surface area contributed by atoms with Crippen LogP contribution in [0.4, 0.5) is 17.7 Å². The van der Waals surface area contributed by atoms with Crippen molar-refractivity contribution in [2.24, 2.45) is 0 Å².